The molecular weight excluding hydrogens is 332 g/mol. The van der Waals surface area contributed by atoms with Gasteiger partial charge in [0.25, 0.3) is 0 Å². The van der Waals surface area contributed by atoms with Crippen molar-refractivity contribution in [1.29, 1.82) is 0 Å². The number of hydrogen-bond acceptors (Lipinski definition) is 4. The topological polar surface area (TPSA) is 47.3 Å². The first-order chi connectivity index (χ1) is 12.3. The average Bonchev–Trinajstić information content (AvgIpc) is 3.02. The van der Waals surface area contributed by atoms with Crippen LogP contribution in [0, 0.1) is 4.77 Å². The second-order valence-corrected chi connectivity index (χ2v) is 6.71. The molecule has 2 aromatic carbocycles. The molecule has 1 aliphatic rings. The minimum Gasteiger partial charge on any atom is -0.492 e. The van der Waals surface area contributed by atoms with E-state index < -0.39 is 0 Å². The molecule has 0 atom stereocenters. The number of benzene rings is 2. The van der Waals surface area contributed by atoms with Crippen molar-refractivity contribution in [2.24, 2.45) is 0 Å². The third-order valence-corrected chi connectivity index (χ3v) is 4.86. The monoisotopic (exact) mass is 354 g/mol. The van der Waals surface area contributed by atoms with E-state index in [4.69, 9.17) is 17.0 Å². The third-order valence-electron chi connectivity index (χ3n) is 4.66. The van der Waals surface area contributed by atoms with Crippen molar-refractivity contribution in [1.82, 2.24) is 14.9 Å². The highest BCUT2D eigenvalue weighted by Crippen LogP contribution is 2.19. The maximum absolute atomic E-state index is 5.91. The number of para-hydroxylation sites is 1. The minimum absolute atomic E-state index is 0.642. The minimum atomic E-state index is 0.642. The molecule has 1 aromatic heterocycles. The lowest BCUT2D eigenvalue weighted by Gasteiger charge is -2.36. The van der Waals surface area contributed by atoms with Crippen molar-refractivity contribution in [3.63, 3.8) is 0 Å². The van der Waals surface area contributed by atoms with Gasteiger partial charge in [0.1, 0.15) is 12.4 Å². The second-order valence-electron chi connectivity index (χ2n) is 6.30. The van der Waals surface area contributed by atoms with Crippen molar-refractivity contribution >= 4 is 28.9 Å². The van der Waals surface area contributed by atoms with E-state index in [1.54, 1.807) is 0 Å². The van der Waals surface area contributed by atoms with E-state index in [9.17, 15) is 0 Å². The van der Waals surface area contributed by atoms with Gasteiger partial charge in [-0.3, -0.25) is 4.90 Å². The highest BCUT2D eigenvalue weighted by atomic mass is 32.1. The molecule has 0 bridgehead atoms. The predicted octanol–water partition coefficient (Wildman–Crippen LogP) is 3.43. The van der Waals surface area contributed by atoms with Crippen LogP contribution in [-0.2, 0) is 0 Å². The summed E-state index contributed by atoms with van der Waals surface area (Å²) in [5.74, 6) is 0.876. The van der Waals surface area contributed by atoms with Gasteiger partial charge in [-0.05, 0) is 36.5 Å². The summed E-state index contributed by atoms with van der Waals surface area (Å²) in [6.07, 6.45) is 0. The number of H-pyrrole nitrogens is 2. The number of rotatable bonds is 5. The fourth-order valence-corrected chi connectivity index (χ4v) is 3.48. The summed E-state index contributed by atoms with van der Waals surface area (Å²) in [5.41, 5.74) is 3.31. The van der Waals surface area contributed by atoms with Gasteiger partial charge in [-0.25, -0.2) is 0 Å². The van der Waals surface area contributed by atoms with Gasteiger partial charge >= 0.3 is 0 Å². The number of fused-ring (bicyclic) bond motifs is 1. The van der Waals surface area contributed by atoms with Gasteiger partial charge in [0, 0.05) is 44.5 Å². The van der Waals surface area contributed by atoms with E-state index in [1.165, 1.54) is 5.69 Å². The molecule has 5 nitrogen and oxygen atoms in total. The summed E-state index contributed by atoms with van der Waals surface area (Å²) >= 11 is 5.11. The molecule has 6 heteroatoms. The Kier molecular flexibility index (Phi) is 4.72. The fourth-order valence-electron chi connectivity index (χ4n) is 3.26. The second kappa shape index (κ2) is 7.29. The molecule has 0 aliphatic carbocycles. The van der Waals surface area contributed by atoms with Crippen molar-refractivity contribution in [3.8, 4) is 5.75 Å². The summed E-state index contributed by atoms with van der Waals surface area (Å²) in [6, 6.07) is 16.6. The molecule has 3 aromatic rings. The number of nitrogens with one attached hydrogen (secondary N) is 2. The van der Waals surface area contributed by atoms with Gasteiger partial charge in [0.05, 0.1) is 11.0 Å². The summed E-state index contributed by atoms with van der Waals surface area (Å²) in [6.45, 7) is 5.92. The Morgan fingerprint density at radius 3 is 2.48 bits per heavy atom. The predicted molar refractivity (Wildman–Crippen MR) is 104 cm³/mol. The number of aromatic amines is 2. The molecule has 25 heavy (non-hydrogen) atoms. The van der Waals surface area contributed by atoms with Gasteiger partial charge in [-0.2, -0.15) is 0 Å². The van der Waals surface area contributed by atoms with Crippen molar-refractivity contribution in [3.05, 3.63) is 53.3 Å². The maximum Gasteiger partial charge on any atom is 0.175 e. The first kappa shape index (κ1) is 16.2. The van der Waals surface area contributed by atoms with Crippen LogP contribution >= 0.6 is 12.2 Å². The van der Waals surface area contributed by atoms with Gasteiger partial charge in [-0.15, -0.1) is 0 Å². The first-order valence-electron chi connectivity index (χ1n) is 8.65. The van der Waals surface area contributed by atoms with Crippen LogP contribution in [-0.4, -0.2) is 54.2 Å². The summed E-state index contributed by atoms with van der Waals surface area (Å²) in [7, 11) is 0. The Labute approximate surface area is 152 Å². The largest absolute Gasteiger partial charge is 0.492 e. The molecule has 2 N–H and O–H groups in total. The number of nitrogens with zero attached hydrogens (tertiary/aromatic N) is 2. The molecule has 1 fully saturated rings. The molecular formula is C19H22N4OS. The Bertz CT molecular complexity index is 881. The van der Waals surface area contributed by atoms with Crippen molar-refractivity contribution < 1.29 is 4.74 Å². The Balaban J connectivity index is 1.26. The van der Waals surface area contributed by atoms with Gasteiger partial charge in [-0.1, -0.05) is 18.2 Å². The van der Waals surface area contributed by atoms with E-state index in [2.05, 4.69) is 50.1 Å². The van der Waals surface area contributed by atoms with Gasteiger partial charge < -0.3 is 19.6 Å². The molecule has 0 amide bonds. The van der Waals surface area contributed by atoms with Crippen LogP contribution in [0.3, 0.4) is 0 Å². The van der Waals surface area contributed by atoms with E-state index in [-0.39, 0.29) is 0 Å². The molecule has 130 valence electrons. The molecule has 1 aliphatic heterocycles. The summed E-state index contributed by atoms with van der Waals surface area (Å²) in [4.78, 5) is 11.1. The Morgan fingerprint density at radius 1 is 0.920 bits per heavy atom. The van der Waals surface area contributed by atoms with Crippen LogP contribution < -0.4 is 9.64 Å². The van der Waals surface area contributed by atoms with Gasteiger partial charge in [0.15, 0.2) is 4.77 Å². The quantitative estimate of drug-likeness (QED) is 0.689. The first-order valence-corrected chi connectivity index (χ1v) is 9.06. The lowest BCUT2D eigenvalue weighted by molar-refractivity contribution is 0.200. The van der Waals surface area contributed by atoms with Crippen molar-refractivity contribution in [2.75, 3.05) is 44.2 Å². The Hall–Kier alpha value is -2.31. The van der Waals surface area contributed by atoms with Gasteiger partial charge in [0.2, 0.25) is 0 Å². The number of aromatic nitrogens is 2. The van der Waals surface area contributed by atoms with E-state index in [0.29, 0.717) is 11.4 Å². The summed E-state index contributed by atoms with van der Waals surface area (Å²) < 4.78 is 6.56. The molecule has 4 rings (SSSR count). The average molecular weight is 354 g/mol. The standard InChI is InChI=1S/C19H22N4OS/c25-19-20-17-7-6-16(14-18(17)21-19)24-13-12-22-8-10-23(11-9-22)15-4-2-1-3-5-15/h1-7,14H,8-13H2,(H2,20,21,25). The highest BCUT2D eigenvalue weighted by molar-refractivity contribution is 7.71. The SMILES string of the molecule is S=c1[nH]c2ccc(OCCN3CCN(c4ccccc4)CC3)cc2[nH]1. The Morgan fingerprint density at radius 2 is 1.68 bits per heavy atom. The fraction of sp³-hybridized carbons (Fsp3) is 0.316. The zero-order valence-electron chi connectivity index (χ0n) is 14.1. The molecule has 2 heterocycles. The van der Waals surface area contributed by atoms with Crippen LogP contribution in [0.5, 0.6) is 5.75 Å². The number of imidazole rings is 1. The van der Waals surface area contributed by atoms with Crippen LogP contribution in [0.1, 0.15) is 0 Å². The van der Waals surface area contributed by atoms with E-state index >= 15 is 0 Å². The molecule has 1 saturated heterocycles. The zero-order valence-corrected chi connectivity index (χ0v) is 14.9. The highest BCUT2D eigenvalue weighted by Gasteiger charge is 2.16. The normalized spacial score (nSPS) is 15.6. The maximum atomic E-state index is 5.91. The van der Waals surface area contributed by atoms with Crippen LogP contribution in [0.2, 0.25) is 0 Å². The molecule has 0 radical (unpaired) electrons. The van der Waals surface area contributed by atoms with Crippen LogP contribution in [0.25, 0.3) is 11.0 Å². The van der Waals surface area contributed by atoms with Crippen LogP contribution in [0.4, 0.5) is 5.69 Å². The number of anilines is 1. The number of piperazine rings is 1. The van der Waals surface area contributed by atoms with E-state index in [1.807, 2.05) is 18.2 Å². The zero-order chi connectivity index (χ0) is 17.1. The lowest BCUT2D eigenvalue weighted by atomic mass is 10.2. The third kappa shape index (κ3) is 3.86. The number of ether oxygens (including phenoxy) is 1. The molecule has 0 saturated carbocycles. The molecule has 0 unspecified atom stereocenters. The van der Waals surface area contributed by atoms with Crippen LogP contribution in [0.15, 0.2) is 48.5 Å². The summed E-state index contributed by atoms with van der Waals surface area (Å²) in [5, 5.41) is 0. The molecule has 0 spiro atoms. The number of hydrogen-bond donors (Lipinski definition) is 2. The lowest BCUT2D eigenvalue weighted by Crippen LogP contribution is -2.47. The van der Waals surface area contributed by atoms with Crippen molar-refractivity contribution in [2.45, 2.75) is 0 Å². The van der Waals surface area contributed by atoms with E-state index in [0.717, 1.165) is 49.5 Å². The smallest absolute Gasteiger partial charge is 0.175 e.